The van der Waals surface area contributed by atoms with Gasteiger partial charge in [0, 0.05) is 16.0 Å². The molecule has 2 unspecified atom stereocenters. The molecule has 136 valence electrons. The van der Waals surface area contributed by atoms with Crippen LogP contribution in [0.25, 0.3) is 16.1 Å². The van der Waals surface area contributed by atoms with Crippen molar-refractivity contribution >= 4 is 27.8 Å². The Kier molecular flexibility index (Phi) is 3.15. The zero-order valence-electron chi connectivity index (χ0n) is 15.9. The SMILES string of the molecule is CC12Oc3ccccc3C1=c1ccccc1=C1C=C(c3ccccc3)SC12C. The molecular formula is C26H20OS. The van der Waals surface area contributed by atoms with Crippen LogP contribution in [0.1, 0.15) is 25.0 Å². The standard InChI is InChI=1S/C26H20OS/c1-25-24(20-14-8-9-15-22(20)27-25)19-13-7-6-12-18(19)21-16-23(28-26(21,25)2)17-10-4-3-5-11-17/h3-16H,1-2H3. The van der Waals surface area contributed by atoms with Crippen LogP contribution >= 0.6 is 11.8 Å². The van der Waals surface area contributed by atoms with Crippen molar-refractivity contribution in [1.29, 1.82) is 0 Å². The van der Waals surface area contributed by atoms with Crippen molar-refractivity contribution in [2.75, 3.05) is 0 Å². The molecule has 0 fully saturated rings. The Morgan fingerprint density at radius 3 is 2.25 bits per heavy atom. The Bertz CT molecular complexity index is 1290. The van der Waals surface area contributed by atoms with E-state index in [2.05, 4.69) is 98.8 Å². The van der Waals surface area contributed by atoms with Gasteiger partial charge in [0.2, 0.25) is 0 Å². The highest BCUT2D eigenvalue weighted by molar-refractivity contribution is 8.10. The van der Waals surface area contributed by atoms with Crippen LogP contribution in [0, 0.1) is 0 Å². The molecule has 28 heavy (non-hydrogen) atoms. The molecule has 1 nitrogen and oxygen atoms in total. The highest BCUT2D eigenvalue weighted by Gasteiger charge is 2.59. The Morgan fingerprint density at radius 1 is 0.750 bits per heavy atom. The van der Waals surface area contributed by atoms with Gasteiger partial charge in [0.05, 0.1) is 4.75 Å². The second-order valence-corrected chi connectivity index (χ2v) is 9.44. The summed E-state index contributed by atoms with van der Waals surface area (Å²) < 4.78 is 6.55. The van der Waals surface area contributed by atoms with Crippen LogP contribution in [0.15, 0.2) is 84.9 Å². The molecule has 2 aliphatic heterocycles. The van der Waals surface area contributed by atoms with E-state index >= 15 is 0 Å². The van der Waals surface area contributed by atoms with Crippen molar-refractivity contribution in [3.63, 3.8) is 0 Å². The van der Waals surface area contributed by atoms with E-state index < -0.39 is 5.60 Å². The molecule has 2 heterocycles. The average molecular weight is 381 g/mol. The van der Waals surface area contributed by atoms with Crippen LogP contribution < -0.4 is 15.2 Å². The Balaban J connectivity index is 1.73. The van der Waals surface area contributed by atoms with Gasteiger partial charge >= 0.3 is 0 Å². The van der Waals surface area contributed by atoms with Gasteiger partial charge in [-0.05, 0) is 47.6 Å². The smallest absolute Gasteiger partial charge is 0.151 e. The van der Waals surface area contributed by atoms with E-state index in [1.807, 2.05) is 11.8 Å². The summed E-state index contributed by atoms with van der Waals surface area (Å²) in [5.41, 5.74) is 4.77. The van der Waals surface area contributed by atoms with E-state index in [0.29, 0.717) is 0 Å². The quantitative estimate of drug-likeness (QED) is 0.603. The number of ether oxygens (including phenoxy) is 1. The zero-order chi connectivity index (χ0) is 18.9. The molecule has 0 saturated carbocycles. The summed E-state index contributed by atoms with van der Waals surface area (Å²) >= 11 is 1.94. The maximum absolute atomic E-state index is 6.74. The van der Waals surface area contributed by atoms with Crippen molar-refractivity contribution < 1.29 is 4.74 Å². The first-order chi connectivity index (χ1) is 13.6. The molecule has 0 amide bonds. The van der Waals surface area contributed by atoms with Crippen molar-refractivity contribution in [3.8, 4) is 5.75 Å². The first-order valence-corrected chi connectivity index (χ1v) is 10.5. The maximum atomic E-state index is 6.74. The first-order valence-electron chi connectivity index (χ1n) is 9.71. The van der Waals surface area contributed by atoms with Gasteiger partial charge in [0.15, 0.2) is 5.60 Å². The number of benzene rings is 3. The number of fused-ring (bicyclic) bond motifs is 6. The molecule has 0 saturated heterocycles. The zero-order valence-corrected chi connectivity index (χ0v) is 16.7. The van der Waals surface area contributed by atoms with Crippen LogP contribution in [-0.2, 0) is 0 Å². The number of para-hydroxylation sites is 1. The van der Waals surface area contributed by atoms with Crippen LogP contribution in [0.2, 0.25) is 0 Å². The molecule has 0 N–H and O–H groups in total. The number of rotatable bonds is 1. The van der Waals surface area contributed by atoms with E-state index in [0.717, 1.165) is 5.75 Å². The molecule has 2 atom stereocenters. The van der Waals surface area contributed by atoms with Crippen molar-refractivity contribution in [2.45, 2.75) is 24.2 Å². The molecule has 0 spiro atoms. The summed E-state index contributed by atoms with van der Waals surface area (Å²) in [4.78, 5) is 1.31. The third kappa shape index (κ3) is 1.89. The first kappa shape index (κ1) is 16.3. The topological polar surface area (TPSA) is 9.23 Å². The number of thioether (sulfide) groups is 1. The monoisotopic (exact) mass is 380 g/mol. The lowest BCUT2D eigenvalue weighted by atomic mass is 9.72. The van der Waals surface area contributed by atoms with Crippen molar-refractivity contribution in [1.82, 2.24) is 0 Å². The van der Waals surface area contributed by atoms with E-state index in [1.165, 1.54) is 37.6 Å². The van der Waals surface area contributed by atoms with Crippen LogP contribution in [0.3, 0.4) is 0 Å². The lowest BCUT2D eigenvalue weighted by Crippen LogP contribution is -2.57. The Hall–Kier alpha value is -2.71. The van der Waals surface area contributed by atoms with Gasteiger partial charge < -0.3 is 4.74 Å². The highest BCUT2D eigenvalue weighted by atomic mass is 32.2. The summed E-state index contributed by atoms with van der Waals surface area (Å²) in [6.45, 7) is 4.62. The average Bonchev–Trinajstić information content (AvgIpc) is 3.25. The van der Waals surface area contributed by atoms with Gasteiger partial charge in [0.1, 0.15) is 5.75 Å². The maximum Gasteiger partial charge on any atom is 0.151 e. The van der Waals surface area contributed by atoms with Gasteiger partial charge in [-0.1, -0.05) is 72.8 Å². The molecule has 2 heteroatoms. The molecule has 3 aromatic carbocycles. The molecule has 6 rings (SSSR count). The van der Waals surface area contributed by atoms with Crippen LogP contribution in [0.5, 0.6) is 5.75 Å². The molecule has 0 bridgehead atoms. The minimum atomic E-state index is -0.419. The third-order valence-corrected chi connectivity index (χ3v) is 8.10. The van der Waals surface area contributed by atoms with E-state index in [1.54, 1.807) is 0 Å². The van der Waals surface area contributed by atoms with Crippen molar-refractivity contribution in [2.24, 2.45) is 0 Å². The molecule has 3 aliphatic rings. The van der Waals surface area contributed by atoms with Gasteiger partial charge in [-0.3, -0.25) is 0 Å². The van der Waals surface area contributed by atoms with Crippen LogP contribution in [0.4, 0.5) is 0 Å². The van der Waals surface area contributed by atoms with E-state index in [9.17, 15) is 0 Å². The fourth-order valence-electron chi connectivity index (χ4n) is 4.97. The Labute approximate surface area is 169 Å². The number of allylic oxidation sites excluding steroid dienone is 1. The normalized spacial score (nSPS) is 26.7. The molecule has 3 aromatic rings. The molecule has 0 aromatic heterocycles. The second kappa shape index (κ2) is 5.42. The Morgan fingerprint density at radius 2 is 1.43 bits per heavy atom. The summed E-state index contributed by atoms with van der Waals surface area (Å²) in [6.07, 6.45) is 2.38. The molecular weight excluding hydrogens is 360 g/mol. The minimum absolute atomic E-state index is 0.194. The van der Waals surface area contributed by atoms with Crippen molar-refractivity contribution in [3.05, 3.63) is 107 Å². The van der Waals surface area contributed by atoms with Gasteiger partial charge in [-0.2, -0.15) is 0 Å². The third-order valence-electron chi connectivity index (χ3n) is 6.51. The number of hydrogen-bond acceptors (Lipinski definition) is 2. The lowest BCUT2D eigenvalue weighted by Gasteiger charge is -2.44. The molecule has 1 aliphatic carbocycles. The largest absolute Gasteiger partial charge is 0.480 e. The predicted molar refractivity (Wildman–Crippen MR) is 118 cm³/mol. The fraction of sp³-hybridized carbons (Fsp3) is 0.154. The van der Waals surface area contributed by atoms with Crippen LogP contribution in [-0.4, -0.2) is 10.3 Å². The highest BCUT2D eigenvalue weighted by Crippen LogP contribution is 2.62. The summed E-state index contributed by atoms with van der Waals surface area (Å²) in [5, 5.41) is 2.63. The van der Waals surface area contributed by atoms with Gasteiger partial charge in [-0.15, -0.1) is 11.8 Å². The summed E-state index contributed by atoms with van der Waals surface area (Å²) in [5.74, 6) is 0.992. The summed E-state index contributed by atoms with van der Waals surface area (Å²) in [6, 6.07) is 28.0. The number of hydrogen-bond donors (Lipinski definition) is 0. The lowest BCUT2D eigenvalue weighted by molar-refractivity contribution is 0.146. The van der Waals surface area contributed by atoms with E-state index in [-0.39, 0.29) is 4.75 Å². The fourth-order valence-corrected chi connectivity index (χ4v) is 6.46. The summed E-state index contributed by atoms with van der Waals surface area (Å²) in [7, 11) is 0. The second-order valence-electron chi connectivity index (χ2n) is 7.98. The van der Waals surface area contributed by atoms with Gasteiger partial charge in [0.25, 0.3) is 0 Å². The predicted octanol–water partition coefficient (Wildman–Crippen LogP) is 4.75. The van der Waals surface area contributed by atoms with Gasteiger partial charge in [-0.25, -0.2) is 0 Å². The van der Waals surface area contributed by atoms with E-state index in [4.69, 9.17) is 4.74 Å². The minimum Gasteiger partial charge on any atom is -0.480 e. The molecule has 0 radical (unpaired) electrons.